The second kappa shape index (κ2) is 6.74. The van der Waals surface area contributed by atoms with Gasteiger partial charge in [-0.3, -0.25) is 0 Å². The van der Waals surface area contributed by atoms with Crippen LogP contribution < -0.4 is 19.5 Å². The van der Waals surface area contributed by atoms with Crippen molar-refractivity contribution in [3.8, 4) is 23.0 Å². The van der Waals surface area contributed by atoms with Gasteiger partial charge in [-0.05, 0) is 12.1 Å². The quantitative estimate of drug-likeness (QED) is 0.856. The van der Waals surface area contributed by atoms with Gasteiger partial charge in [0.25, 0.3) is 0 Å². The Kier molecular flexibility index (Phi) is 4.77. The molecule has 2 N–H and O–H groups in total. The van der Waals surface area contributed by atoms with Crippen LogP contribution in [-0.4, -0.2) is 26.4 Å². The first-order valence-corrected chi connectivity index (χ1v) is 6.49. The summed E-state index contributed by atoms with van der Waals surface area (Å²) in [5.41, 5.74) is 1.69. The topological polar surface area (TPSA) is 60.0 Å². The van der Waals surface area contributed by atoms with E-state index in [1.54, 1.807) is 39.5 Å². The molecule has 0 aliphatic rings. The zero-order valence-corrected chi connectivity index (χ0v) is 12.3. The van der Waals surface area contributed by atoms with Crippen molar-refractivity contribution in [2.45, 2.75) is 6.54 Å². The van der Waals surface area contributed by atoms with Gasteiger partial charge in [0.1, 0.15) is 23.0 Å². The molecule has 0 aliphatic heterocycles. The molecule has 0 aliphatic carbocycles. The highest BCUT2D eigenvalue weighted by molar-refractivity contribution is 5.54. The second-order valence-corrected chi connectivity index (χ2v) is 4.41. The summed E-state index contributed by atoms with van der Waals surface area (Å²) >= 11 is 0. The van der Waals surface area contributed by atoms with Crippen LogP contribution in [0.2, 0.25) is 0 Å². The van der Waals surface area contributed by atoms with E-state index in [-0.39, 0.29) is 5.75 Å². The first-order chi connectivity index (χ1) is 10.2. The maximum Gasteiger partial charge on any atom is 0.131 e. The molecular weight excluding hydrogens is 270 g/mol. The third-order valence-corrected chi connectivity index (χ3v) is 3.13. The first-order valence-electron chi connectivity index (χ1n) is 6.49. The van der Waals surface area contributed by atoms with Gasteiger partial charge in [-0.15, -0.1) is 0 Å². The molecule has 0 unspecified atom stereocenters. The Hall–Kier alpha value is -2.56. The van der Waals surface area contributed by atoms with E-state index in [1.165, 1.54) is 0 Å². The fourth-order valence-corrected chi connectivity index (χ4v) is 2.06. The Labute approximate surface area is 124 Å². The van der Waals surface area contributed by atoms with Gasteiger partial charge in [-0.2, -0.15) is 0 Å². The lowest BCUT2D eigenvalue weighted by Gasteiger charge is -2.16. The highest BCUT2D eigenvalue weighted by Gasteiger charge is 2.13. The predicted molar refractivity (Wildman–Crippen MR) is 81.5 cm³/mol. The Morgan fingerprint density at radius 2 is 1.62 bits per heavy atom. The van der Waals surface area contributed by atoms with E-state index in [1.807, 2.05) is 18.2 Å². The molecule has 0 saturated carbocycles. The zero-order chi connectivity index (χ0) is 15.2. The van der Waals surface area contributed by atoms with E-state index in [0.717, 1.165) is 11.3 Å². The number of methoxy groups -OCH3 is 3. The fraction of sp³-hybridized carbons (Fsp3) is 0.250. The van der Waals surface area contributed by atoms with Crippen molar-refractivity contribution >= 4 is 5.69 Å². The Morgan fingerprint density at radius 1 is 0.952 bits per heavy atom. The van der Waals surface area contributed by atoms with Crippen molar-refractivity contribution in [3.63, 3.8) is 0 Å². The third-order valence-electron chi connectivity index (χ3n) is 3.13. The minimum absolute atomic E-state index is 0.216. The summed E-state index contributed by atoms with van der Waals surface area (Å²) in [4.78, 5) is 0. The number of nitrogens with one attached hydrogen (secondary N) is 1. The number of hydrogen-bond donors (Lipinski definition) is 2. The minimum Gasteiger partial charge on any atom is -0.508 e. The molecule has 0 fully saturated rings. The molecule has 0 aromatic heterocycles. The number of benzene rings is 2. The Balaban J connectivity index is 2.26. The van der Waals surface area contributed by atoms with Gasteiger partial charge in [-0.1, -0.05) is 6.07 Å². The fourth-order valence-electron chi connectivity index (χ4n) is 2.06. The number of phenolic OH excluding ortho intramolecular Hbond substituents is 1. The van der Waals surface area contributed by atoms with E-state index in [0.29, 0.717) is 23.8 Å². The Bertz CT molecular complexity index is 588. The lowest BCUT2D eigenvalue weighted by atomic mass is 10.1. The SMILES string of the molecule is COc1cc(OC)c(CNc2cccc(O)c2)c(OC)c1. The lowest BCUT2D eigenvalue weighted by Crippen LogP contribution is -2.04. The summed E-state index contributed by atoms with van der Waals surface area (Å²) in [6.07, 6.45) is 0. The predicted octanol–water partition coefficient (Wildman–Crippen LogP) is 3.03. The van der Waals surface area contributed by atoms with Crippen molar-refractivity contribution in [1.29, 1.82) is 0 Å². The van der Waals surface area contributed by atoms with Crippen LogP contribution in [0.3, 0.4) is 0 Å². The molecule has 5 heteroatoms. The first kappa shape index (κ1) is 14.8. The molecule has 0 atom stereocenters. The number of rotatable bonds is 6. The van der Waals surface area contributed by atoms with Gasteiger partial charge in [0.05, 0.1) is 26.9 Å². The van der Waals surface area contributed by atoms with Crippen LogP contribution in [0.1, 0.15) is 5.56 Å². The average molecular weight is 289 g/mol. The van der Waals surface area contributed by atoms with Crippen molar-refractivity contribution in [3.05, 3.63) is 42.0 Å². The average Bonchev–Trinajstić information content (AvgIpc) is 2.52. The number of ether oxygens (including phenoxy) is 3. The molecule has 0 bridgehead atoms. The van der Waals surface area contributed by atoms with Crippen LogP contribution in [0, 0.1) is 0 Å². The van der Waals surface area contributed by atoms with Gasteiger partial charge in [0.15, 0.2) is 0 Å². The summed E-state index contributed by atoms with van der Waals surface area (Å²) in [6, 6.07) is 10.6. The number of anilines is 1. The molecule has 0 spiro atoms. The van der Waals surface area contributed by atoms with Crippen LogP contribution in [0.4, 0.5) is 5.69 Å². The van der Waals surface area contributed by atoms with E-state index in [2.05, 4.69) is 5.32 Å². The molecule has 0 amide bonds. The summed E-state index contributed by atoms with van der Waals surface area (Å²) < 4.78 is 16.0. The van der Waals surface area contributed by atoms with Crippen LogP contribution in [0.5, 0.6) is 23.0 Å². The van der Waals surface area contributed by atoms with E-state index in [9.17, 15) is 5.11 Å². The van der Waals surface area contributed by atoms with Crippen molar-refractivity contribution < 1.29 is 19.3 Å². The summed E-state index contributed by atoms with van der Waals surface area (Å²) in [6.45, 7) is 0.500. The summed E-state index contributed by atoms with van der Waals surface area (Å²) in [7, 11) is 4.80. The minimum atomic E-state index is 0.216. The second-order valence-electron chi connectivity index (χ2n) is 4.41. The van der Waals surface area contributed by atoms with Gasteiger partial charge in [0, 0.05) is 30.4 Å². The van der Waals surface area contributed by atoms with Crippen LogP contribution in [-0.2, 0) is 6.54 Å². The van der Waals surface area contributed by atoms with Gasteiger partial charge in [-0.25, -0.2) is 0 Å². The van der Waals surface area contributed by atoms with Crippen molar-refractivity contribution in [1.82, 2.24) is 0 Å². The maximum absolute atomic E-state index is 9.47. The van der Waals surface area contributed by atoms with Crippen LogP contribution >= 0.6 is 0 Å². The molecule has 5 nitrogen and oxygen atoms in total. The standard InChI is InChI=1S/C16H19NO4/c1-19-13-8-15(20-2)14(16(9-13)21-3)10-17-11-5-4-6-12(18)7-11/h4-9,17-18H,10H2,1-3H3. The van der Waals surface area contributed by atoms with Crippen molar-refractivity contribution in [2.24, 2.45) is 0 Å². The lowest BCUT2D eigenvalue weighted by molar-refractivity contribution is 0.369. The van der Waals surface area contributed by atoms with Crippen molar-refractivity contribution in [2.75, 3.05) is 26.6 Å². The van der Waals surface area contributed by atoms with Gasteiger partial charge in [0.2, 0.25) is 0 Å². The molecule has 0 saturated heterocycles. The van der Waals surface area contributed by atoms with Gasteiger partial charge >= 0.3 is 0 Å². The molecule has 0 radical (unpaired) electrons. The summed E-state index contributed by atoms with van der Waals surface area (Å²) in [5, 5.41) is 12.7. The maximum atomic E-state index is 9.47. The van der Waals surface area contributed by atoms with Crippen LogP contribution in [0.15, 0.2) is 36.4 Å². The smallest absolute Gasteiger partial charge is 0.131 e. The molecule has 2 aromatic rings. The molecule has 0 heterocycles. The highest BCUT2D eigenvalue weighted by Crippen LogP contribution is 2.34. The number of phenols is 1. The molecule has 21 heavy (non-hydrogen) atoms. The van der Waals surface area contributed by atoms with E-state index < -0.39 is 0 Å². The molecule has 2 rings (SSSR count). The Morgan fingerprint density at radius 3 is 2.14 bits per heavy atom. The van der Waals surface area contributed by atoms with Crippen LogP contribution in [0.25, 0.3) is 0 Å². The summed E-state index contributed by atoms with van der Waals surface area (Å²) in [5.74, 6) is 2.25. The monoisotopic (exact) mass is 289 g/mol. The molecule has 112 valence electrons. The van der Waals surface area contributed by atoms with E-state index in [4.69, 9.17) is 14.2 Å². The largest absolute Gasteiger partial charge is 0.508 e. The molecular formula is C16H19NO4. The van der Waals surface area contributed by atoms with Gasteiger partial charge < -0.3 is 24.6 Å². The number of aromatic hydroxyl groups is 1. The third kappa shape index (κ3) is 3.51. The molecule has 2 aromatic carbocycles. The van der Waals surface area contributed by atoms with E-state index >= 15 is 0 Å². The number of hydrogen-bond acceptors (Lipinski definition) is 5. The zero-order valence-electron chi connectivity index (χ0n) is 12.3. The normalized spacial score (nSPS) is 10.0. The highest BCUT2D eigenvalue weighted by atomic mass is 16.5.